The number of benzene rings is 1. The number of H-pyrrole nitrogens is 1. The molecule has 0 bridgehead atoms. The lowest BCUT2D eigenvalue weighted by Gasteiger charge is -2.33. The predicted molar refractivity (Wildman–Crippen MR) is 131 cm³/mol. The molecule has 0 aliphatic carbocycles. The molecule has 2 aliphatic heterocycles. The molecule has 4 heterocycles. The lowest BCUT2D eigenvalue weighted by molar-refractivity contribution is 0.0117. The summed E-state index contributed by atoms with van der Waals surface area (Å²) in [5.74, 6) is 2.09. The van der Waals surface area contributed by atoms with Crippen molar-refractivity contribution in [2.24, 2.45) is 4.99 Å². The van der Waals surface area contributed by atoms with Crippen LogP contribution in [0.2, 0.25) is 0 Å². The number of nitrogens with one attached hydrogen (secondary N) is 2. The van der Waals surface area contributed by atoms with Gasteiger partial charge in [-0.1, -0.05) is 30.0 Å². The fraction of sp³-hybridized carbons (Fsp3) is 0.333. The van der Waals surface area contributed by atoms with E-state index in [1.807, 2.05) is 23.9 Å². The smallest absolute Gasteiger partial charge is 0.279 e. The molecule has 11 heteroatoms. The van der Waals surface area contributed by atoms with Gasteiger partial charge in [-0.2, -0.15) is 20.2 Å². The first kappa shape index (κ1) is 21.8. The van der Waals surface area contributed by atoms with Crippen molar-refractivity contribution in [1.82, 2.24) is 14.9 Å². The number of rotatable bonds is 6. The van der Waals surface area contributed by atoms with Gasteiger partial charge in [-0.3, -0.25) is 14.6 Å². The van der Waals surface area contributed by atoms with E-state index in [0.29, 0.717) is 17.7 Å². The van der Waals surface area contributed by atoms with Crippen LogP contribution in [0.3, 0.4) is 0 Å². The van der Waals surface area contributed by atoms with E-state index in [1.54, 1.807) is 36.0 Å². The Kier molecular flexibility index (Phi) is 6.17. The highest BCUT2D eigenvalue weighted by molar-refractivity contribution is 8.15. The molecule has 8 nitrogen and oxygen atoms in total. The molecular formula is C21H23N5O3S3. The zero-order valence-electron chi connectivity index (χ0n) is 17.1. The topological polar surface area (TPSA) is 111 Å². The fourth-order valence-electron chi connectivity index (χ4n) is 3.83. The van der Waals surface area contributed by atoms with Crippen LogP contribution in [0.1, 0.15) is 5.69 Å². The van der Waals surface area contributed by atoms with Gasteiger partial charge < -0.3 is 10.1 Å². The molecule has 168 valence electrons. The average molecular weight is 490 g/mol. The van der Waals surface area contributed by atoms with Gasteiger partial charge in [0.1, 0.15) is 11.3 Å². The molecule has 2 unspecified atom stereocenters. The molecule has 0 amide bonds. The minimum Gasteiger partial charge on any atom is -0.377 e. The summed E-state index contributed by atoms with van der Waals surface area (Å²) in [6.45, 7) is 2.34. The van der Waals surface area contributed by atoms with Gasteiger partial charge in [-0.05, 0) is 24.3 Å². The summed E-state index contributed by atoms with van der Waals surface area (Å²) in [7, 11) is -3.80. The van der Waals surface area contributed by atoms with Crippen LogP contribution in [-0.4, -0.2) is 76.1 Å². The molecule has 1 saturated heterocycles. The second-order valence-corrected chi connectivity index (χ2v) is 11.7. The summed E-state index contributed by atoms with van der Waals surface area (Å²) in [4.78, 5) is 14.1. The van der Waals surface area contributed by atoms with E-state index in [9.17, 15) is 13.5 Å². The van der Waals surface area contributed by atoms with Crippen molar-refractivity contribution in [3.05, 3.63) is 54.4 Å². The van der Waals surface area contributed by atoms with E-state index >= 15 is 0 Å². The van der Waals surface area contributed by atoms with Crippen LogP contribution in [0.4, 0.5) is 5.69 Å². The zero-order valence-corrected chi connectivity index (χ0v) is 19.6. The number of aliphatic hydroxyl groups excluding tert-OH is 1. The molecule has 2 aromatic heterocycles. The first-order valence-electron chi connectivity index (χ1n) is 10.3. The van der Waals surface area contributed by atoms with Crippen LogP contribution in [-0.2, 0) is 10.0 Å². The maximum Gasteiger partial charge on any atom is 0.279 e. The number of para-hydroxylation sites is 1. The molecule has 5 rings (SSSR count). The molecular weight excluding hydrogens is 466 g/mol. The van der Waals surface area contributed by atoms with Gasteiger partial charge in [-0.25, -0.2) is 4.98 Å². The Bertz CT molecular complexity index is 1240. The van der Waals surface area contributed by atoms with Crippen LogP contribution in [0.5, 0.6) is 0 Å². The number of anilines is 1. The number of sulfonamides is 1. The van der Waals surface area contributed by atoms with Gasteiger partial charge >= 0.3 is 0 Å². The van der Waals surface area contributed by atoms with E-state index in [2.05, 4.69) is 24.6 Å². The Morgan fingerprint density at radius 2 is 2.03 bits per heavy atom. The lowest BCUT2D eigenvalue weighted by Crippen LogP contribution is -2.46. The van der Waals surface area contributed by atoms with Gasteiger partial charge in [0.15, 0.2) is 5.03 Å². The van der Waals surface area contributed by atoms with Crippen LogP contribution in [0.15, 0.2) is 58.7 Å². The number of hydrogen-bond donors (Lipinski definition) is 3. The van der Waals surface area contributed by atoms with Crippen LogP contribution in [0.25, 0.3) is 10.9 Å². The SMILES string of the molecule is O=S(=O)(Nc1cccc2cc(C3=NCC(C(O)N4CCSCC4)S3)[nH]c12)c1ccccn1. The quantitative estimate of drug-likeness (QED) is 0.488. The van der Waals surface area contributed by atoms with Gasteiger partial charge in [-0.15, -0.1) is 0 Å². The summed E-state index contributed by atoms with van der Waals surface area (Å²) in [5, 5.41) is 12.4. The van der Waals surface area contributed by atoms with Crippen LogP contribution in [0, 0.1) is 0 Å². The minimum atomic E-state index is -3.80. The van der Waals surface area contributed by atoms with E-state index in [0.717, 1.165) is 40.7 Å². The molecule has 0 spiro atoms. The largest absolute Gasteiger partial charge is 0.377 e. The number of aromatic nitrogens is 2. The lowest BCUT2D eigenvalue weighted by atomic mass is 10.2. The average Bonchev–Trinajstić information content (AvgIpc) is 3.48. The van der Waals surface area contributed by atoms with Gasteiger partial charge in [0.05, 0.1) is 28.7 Å². The number of aromatic amines is 1. The third-order valence-electron chi connectivity index (χ3n) is 5.47. The molecule has 3 N–H and O–H groups in total. The summed E-state index contributed by atoms with van der Waals surface area (Å²) in [5.41, 5.74) is 1.95. The van der Waals surface area contributed by atoms with Crippen molar-refractivity contribution in [1.29, 1.82) is 0 Å². The van der Waals surface area contributed by atoms with Crippen molar-refractivity contribution >= 4 is 55.2 Å². The van der Waals surface area contributed by atoms with Crippen molar-refractivity contribution in [2.75, 3.05) is 35.9 Å². The summed E-state index contributed by atoms with van der Waals surface area (Å²) in [6, 6.07) is 12.2. The fourth-order valence-corrected chi connectivity index (χ4v) is 6.90. The highest BCUT2D eigenvalue weighted by Gasteiger charge is 2.32. The Labute approximate surface area is 195 Å². The molecule has 2 aliphatic rings. The van der Waals surface area contributed by atoms with Gasteiger partial charge in [0.25, 0.3) is 10.0 Å². The second kappa shape index (κ2) is 9.06. The van der Waals surface area contributed by atoms with Gasteiger partial charge in [0.2, 0.25) is 0 Å². The first-order chi connectivity index (χ1) is 15.5. The normalized spacial score (nSPS) is 20.9. The van der Waals surface area contributed by atoms with Crippen LogP contribution < -0.4 is 4.72 Å². The monoisotopic (exact) mass is 489 g/mol. The number of aliphatic hydroxyl groups is 1. The first-order valence-corrected chi connectivity index (χ1v) is 13.8. The van der Waals surface area contributed by atoms with E-state index in [4.69, 9.17) is 0 Å². The molecule has 3 aromatic rings. The Morgan fingerprint density at radius 3 is 2.81 bits per heavy atom. The standard InChI is InChI=1S/C21H23N5O3S3/c27-21(26-8-10-30-11-9-26)17-13-23-20(31-17)16-12-14-4-3-5-15(19(14)24-16)25-32(28,29)18-6-1-2-7-22-18/h1-7,12,17,21,24-25,27H,8-11,13H2. The second-order valence-electron chi connectivity index (χ2n) is 7.59. The van der Waals surface area contributed by atoms with Crippen molar-refractivity contribution in [2.45, 2.75) is 16.5 Å². The third kappa shape index (κ3) is 4.40. The number of nitrogens with zero attached hydrogens (tertiary/aromatic N) is 3. The van der Waals surface area contributed by atoms with Crippen molar-refractivity contribution in [3.63, 3.8) is 0 Å². The highest BCUT2D eigenvalue weighted by Crippen LogP contribution is 2.33. The Morgan fingerprint density at radius 1 is 1.19 bits per heavy atom. The maximum absolute atomic E-state index is 12.7. The number of pyridine rings is 1. The molecule has 1 fully saturated rings. The van der Waals surface area contributed by atoms with E-state index in [-0.39, 0.29) is 10.3 Å². The molecule has 0 radical (unpaired) electrons. The number of thioether (sulfide) groups is 2. The molecule has 0 saturated carbocycles. The number of aliphatic imine (C=N–C) groups is 1. The Balaban J connectivity index is 1.36. The Hall–Kier alpha value is -2.05. The molecule has 1 aromatic carbocycles. The zero-order chi connectivity index (χ0) is 22.1. The van der Waals surface area contributed by atoms with E-state index < -0.39 is 16.3 Å². The summed E-state index contributed by atoms with van der Waals surface area (Å²) in [6.07, 6.45) is 0.928. The summed E-state index contributed by atoms with van der Waals surface area (Å²) < 4.78 is 28.1. The van der Waals surface area contributed by atoms with Crippen molar-refractivity contribution in [3.8, 4) is 0 Å². The highest BCUT2D eigenvalue weighted by atomic mass is 32.2. The minimum absolute atomic E-state index is 0.0124. The molecule has 32 heavy (non-hydrogen) atoms. The van der Waals surface area contributed by atoms with E-state index in [1.165, 1.54) is 12.3 Å². The van der Waals surface area contributed by atoms with Crippen molar-refractivity contribution < 1.29 is 13.5 Å². The maximum atomic E-state index is 12.7. The van der Waals surface area contributed by atoms with Gasteiger partial charge in [0, 0.05) is 36.2 Å². The molecule has 2 atom stereocenters. The number of hydrogen-bond acceptors (Lipinski definition) is 8. The predicted octanol–water partition coefficient (Wildman–Crippen LogP) is 2.59. The van der Waals surface area contributed by atoms with Crippen LogP contribution >= 0.6 is 23.5 Å². The third-order valence-corrected chi connectivity index (χ3v) is 8.97. The number of fused-ring (bicyclic) bond motifs is 1. The summed E-state index contributed by atoms with van der Waals surface area (Å²) >= 11 is 3.48.